The number of carbonyl (C=O) groups is 14. The van der Waals surface area contributed by atoms with Crippen molar-refractivity contribution < 1.29 is 97.0 Å². The minimum atomic E-state index is -1.61. The molecular formula is C69H101N13O20S3. The predicted molar refractivity (Wildman–Crippen MR) is 390 cm³/mol. The minimum Gasteiger partial charge on any atom is -0.508 e. The van der Waals surface area contributed by atoms with Gasteiger partial charge in [-0.3, -0.25) is 58.3 Å². The highest BCUT2D eigenvalue weighted by atomic mass is 33.1. The summed E-state index contributed by atoms with van der Waals surface area (Å²) in [6.07, 6.45) is 2.44. The second-order valence-corrected chi connectivity index (χ2v) is 29.0. The Bertz CT molecular complexity index is 3360. The molecule has 580 valence electrons. The molecule has 11 amide bonds. The zero-order chi connectivity index (χ0) is 77.4. The number of aryl methyl sites for hydroxylation is 1. The number of ether oxygens (including phenoxy) is 2. The van der Waals surface area contributed by atoms with Crippen LogP contribution in [-0.2, 0) is 81.5 Å². The highest BCUT2D eigenvalue weighted by Gasteiger charge is 2.35. The molecule has 0 spiro atoms. The van der Waals surface area contributed by atoms with Crippen molar-refractivity contribution in [1.82, 2.24) is 68.2 Å². The Morgan fingerprint density at radius 1 is 0.686 bits per heavy atom. The summed E-state index contributed by atoms with van der Waals surface area (Å²) in [6.45, 7) is 9.51. The van der Waals surface area contributed by atoms with Crippen molar-refractivity contribution in [1.29, 1.82) is 0 Å². The molecule has 2 aromatic carbocycles. The Hall–Kier alpha value is -9.29. The van der Waals surface area contributed by atoms with Gasteiger partial charge in [0.1, 0.15) is 48.3 Å². The second-order valence-electron chi connectivity index (χ2n) is 25.3. The number of carboxylic acids is 3. The molecule has 1 fully saturated rings. The molecule has 0 aliphatic carbocycles. The second kappa shape index (κ2) is 47.9. The molecule has 36 heteroatoms. The highest BCUT2D eigenvalue weighted by Crippen LogP contribution is 2.22. The van der Waals surface area contributed by atoms with Gasteiger partial charge in [-0.25, -0.2) is 29.6 Å². The summed E-state index contributed by atoms with van der Waals surface area (Å²) in [4.78, 5) is 186. The number of nitrogens with zero attached hydrogens (tertiary/aromatic N) is 3. The van der Waals surface area contributed by atoms with Gasteiger partial charge in [-0.15, -0.1) is 11.3 Å². The lowest BCUT2D eigenvalue weighted by Crippen LogP contribution is -2.57. The Balaban J connectivity index is 1.18. The van der Waals surface area contributed by atoms with E-state index in [1.165, 1.54) is 56.9 Å². The summed E-state index contributed by atoms with van der Waals surface area (Å²) < 4.78 is 10.8. The van der Waals surface area contributed by atoms with E-state index in [-0.39, 0.29) is 113 Å². The van der Waals surface area contributed by atoms with E-state index < -0.39 is 133 Å². The number of hydrogen-bond donors (Lipinski definition) is 14. The molecule has 1 saturated heterocycles. The first-order valence-electron chi connectivity index (χ1n) is 34.9. The summed E-state index contributed by atoms with van der Waals surface area (Å²) in [5.74, 6) is -8.97. The van der Waals surface area contributed by atoms with E-state index in [4.69, 9.17) is 14.6 Å². The van der Waals surface area contributed by atoms with E-state index >= 15 is 0 Å². The quantitative estimate of drug-likeness (QED) is 0.0126. The number of carbonyl (C=O) groups excluding carboxylic acids is 11. The average Bonchev–Trinajstić information content (AvgIpc) is 1.32. The fourth-order valence-electron chi connectivity index (χ4n) is 10.7. The van der Waals surface area contributed by atoms with Crippen molar-refractivity contribution in [3.8, 4) is 5.75 Å². The van der Waals surface area contributed by atoms with Crippen molar-refractivity contribution in [3.63, 3.8) is 0 Å². The molecular weight excluding hydrogens is 1430 g/mol. The van der Waals surface area contributed by atoms with Gasteiger partial charge in [-0.05, 0) is 107 Å². The summed E-state index contributed by atoms with van der Waals surface area (Å²) in [5, 5.41) is 60.4. The number of nitrogens with one attached hydrogen (secondary N) is 10. The fourth-order valence-corrected chi connectivity index (χ4v) is 13.2. The number of thiazole rings is 1. The molecule has 2 unspecified atom stereocenters. The SMILES string of the molecule is CCCC(=O)OCN(CCCc1nc(C(=O)N[C@@H](Cc2ccc(O)cc2)C[C@H](C)C(=O)NNC(=O)OCCSSCCNC(=O)[C@@H](Cc2ccccc2)NC(=O)[C@H](C)NC(=O)CCCNC(=O)CCC(NC(=O)N[C@@H](CCC(=O)O)C(=O)O)C(=O)O)cs1)C(=O)[C@@H](NC(=O)[C@H]1CCCCN1C)C(C)CC. The van der Waals surface area contributed by atoms with Crippen molar-refractivity contribution in [2.24, 2.45) is 11.8 Å². The summed E-state index contributed by atoms with van der Waals surface area (Å²) in [7, 11) is 4.62. The van der Waals surface area contributed by atoms with E-state index in [1.807, 2.05) is 43.4 Å². The average molecular weight is 1530 g/mol. The minimum absolute atomic E-state index is 0.0176. The topological polar surface area (TPSA) is 478 Å². The molecule has 9 atom stereocenters. The summed E-state index contributed by atoms with van der Waals surface area (Å²) in [5.41, 5.74) is 6.23. The van der Waals surface area contributed by atoms with Gasteiger partial charge in [0.2, 0.25) is 41.4 Å². The van der Waals surface area contributed by atoms with Crippen molar-refractivity contribution >= 4 is 116 Å². The Labute approximate surface area is 621 Å². The number of hydrogen-bond acceptors (Lipinski definition) is 22. The van der Waals surface area contributed by atoms with E-state index in [0.717, 1.165) is 30.5 Å². The highest BCUT2D eigenvalue weighted by molar-refractivity contribution is 8.76. The number of aromatic nitrogens is 1. The molecule has 0 saturated carbocycles. The van der Waals surface area contributed by atoms with Crippen LogP contribution in [0.4, 0.5) is 9.59 Å². The molecule has 0 bridgehead atoms. The van der Waals surface area contributed by atoms with Crippen LogP contribution in [0.3, 0.4) is 0 Å². The van der Waals surface area contributed by atoms with Crippen LogP contribution in [0.5, 0.6) is 5.75 Å². The lowest BCUT2D eigenvalue weighted by Gasteiger charge is -2.35. The van der Waals surface area contributed by atoms with Crippen LogP contribution in [0, 0.1) is 11.8 Å². The van der Waals surface area contributed by atoms with Crippen molar-refractivity contribution in [2.45, 2.75) is 186 Å². The van der Waals surface area contributed by atoms with Gasteiger partial charge < -0.3 is 77.3 Å². The number of likely N-dealkylation sites (N-methyl/N-ethyl adjacent to an activating group) is 1. The number of piperidine rings is 1. The molecule has 105 heavy (non-hydrogen) atoms. The largest absolute Gasteiger partial charge is 0.508 e. The molecule has 0 radical (unpaired) electrons. The molecule has 1 aliphatic heterocycles. The molecule has 1 aromatic heterocycles. The van der Waals surface area contributed by atoms with Crippen LogP contribution in [0.25, 0.3) is 0 Å². The number of hydrazine groups is 1. The van der Waals surface area contributed by atoms with Crippen LogP contribution in [0.1, 0.15) is 151 Å². The van der Waals surface area contributed by atoms with E-state index in [9.17, 15) is 82.4 Å². The van der Waals surface area contributed by atoms with E-state index in [1.54, 1.807) is 54.8 Å². The first-order valence-corrected chi connectivity index (χ1v) is 38.3. The van der Waals surface area contributed by atoms with Gasteiger partial charge in [0.15, 0.2) is 6.73 Å². The maximum absolute atomic E-state index is 14.3. The van der Waals surface area contributed by atoms with E-state index in [2.05, 4.69) is 47.7 Å². The third-order valence-corrected chi connectivity index (χ3v) is 20.1. The number of carboxylic acid groups (broad SMARTS) is 3. The van der Waals surface area contributed by atoms with Crippen molar-refractivity contribution in [2.75, 3.05) is 58.1 Å². The smallest absolute Gasteiger partial charge is 0.426 e. The van der Waals surface area contributed by atoms with Crippen LogP contribution in [0.15, 0.2) is 60.0 Å². The number of esters is 1. The number of aliphatic carboxylic acids is 3. The first kappa shape index (κ1) is 88.1. The van der Waals surface area contributed by atoms with Gasteiger partial charge in [-0.2, -0.15) is 0 Å². The number of urea groups is 1. The number of aromatic hydroxyl groups is 1. The molecule has 1 aliphatic rings. The number of rotatable bonds is 47. The number of benzene rings is 2. The molecule has 4 rings (SSSR count). The third kappa shape index (κ3) is 34.5. The lowest BCUT2D eigenvalue weighted by molar-refractivity contribution is -0.155. The molecule has 14 N–H and O–H groups in total. The number of phenols is 1. The first-order chi connectivity index (χ1) is 50.1. The fraction of sp³-hybridized carbons (Fsp3) is 0.580. The molecule has 3 aromatic rings. The lowest BCUT2D eigenvalue weighted by atomic mass is 9.95. The maximum Gasteiger partial charge on any atom is 0.426 e. The van der Waals surface area contributed by atoms with Gasteiger partial charge in [0, 0.05) is 87.0 Å². The Morgan fingerprint density at radius 3 is 2.02 bits per heavy atom. The number of amides is 11. The molecule has 2 heterocycles. The van der Waals surface area contributed by atoms with Gasteiger partial charge >= 0.3 is 36.0 Å². The number of likely N-dealkylation sites (tertiary alicyclic amines) is 1. The van der Waals surface area contributed by atoms with Crippen LogP contribution in [-0.4, -0.2) is 219 Å². The summed E-state index contributed by atoms with van der Waals surface area (Å²) >= 11 is 1.25. The van der Waals surface area contributed by atoms with Crippen molar-refractivity contribution in [3.05, 3.63) is 81.8 Å². The zero-order valence-corrected chi connectivity index (χ0v) is 62.5. The van der Waals surface area contributed by atoms with Crippen LogP contribution < -0.4 is 53.4 Å². The van der Waals surface area contributed by atoms with Crippen LogP contribution in [0.2, 0.25) is 0 Å². The maximum atomic E-state index is 14.3. The van der Waals surface area contributed by atoms with E-state index in [0.29, 0.717) is 48.6 Å². The monoisotopic (exact) mass is 1530 g/mol. The van der Waals surface area contributed by atoms with Gasteiger partial charge in [0.05, 0.1) is 11.0 Å². The number of phenolic OH excluding ortho intramolecular Hbond substituents is 1. The standard InChI is InChI=1S/C69H101N13O20S3/c1-7-16-58(88)102-41-82(65(94)59(42(3)8-2)78-64(93)53-19-12-13-32-81(53)6)33-15-21-56-74-52(40-103-56)63(92)73-47(38-46-22-24-48(83)25-23-46)37-43(4)60(89)79-80-69(100)101-34-36-105-104-35-31-71-62(91)51(39-45-17-10-9-11-18-45)75-61(90)44(5)72-55(85)20-14-30-70-54(84)28-26-49(66(95)96)76-68(99)77-50(67(97)98)27-29-57(86)87/h9-11,17-18,22-25,40,42-44,47,49-51,53,59,83H,7-8,12-16,19-21,26-39,41H2,1-6H3,(H,70,84)(H,71,91)(H,72,85)(H,73,92)(H,75,90)(H,78,93)(H,79,89)(H,80,100)(H,86,87)(H,95,96)(H,97,98)(H2,76,77,99)/t42?,43-,44-,47+,49?,50-,51+,53+,59-/m0/s1. The molecule has 33 nitrogen and oxygen atoms in total. The Morgan fingerprint density at radius 2 is 1.36 bits per heavy atom. The third-order valence-electron chi connectivity index (χ3n) is 16.8. The predicted octanol–water partition coefficient (Wildman–Crippen LogP) is 3.53. The Kier molecular flexibility index (Phi) is 40.2. The zero-order valence-electron chi connectivity index (χ0n) is 60.0. The van der Waals surface area contributed by atoms with Crippen LogP contribution >= 0.6 is 32.9 Å². The van der Waals surface area contributed by atoms with Gasteiger partial charge in [-0.1, -0.05) is 105 Å². The normalized spacial score (nSPS) is 15.0. The van der Waals surface area contributed by atoms with Gasteiger partial charge in [0.25, 0.3) is 5.91 Å². The summed E-state index contributed by atoms with van der Waals surface area (Å²) in [6, 6.07) is 6.94.